The number of benzene rings is 1. The van der Waals surface area contributed by atoms with Gasteiger partial charge in [0.25, 0.3) is 5.56 Å². The molecule has 1 aromatic carbocycles. The van der Waals surface area contributed by atoms with Crippen molar-refractivity contribution < 1.29 is 9.47 Å². The van der Waals surface area contributed by atoms with Crippen LogP contribution in [0.5, 0.6) is 11.5 Å². The minimum Gasteiger partial charge on any atom is -0.486 e. The van der Waals surface area contributed by atoms with Gasteiger partial charge in [0, 0.05) is 11.6 Å². The number of nitrogens with one attached hydrogen (secondary N) is 1. The number of H-pyrrole nitrogens is 1. The van der Waals surface area contributed by atoms with Gasteiger partial charge in [0.2, 0.25) is 0 Å². The van der Waals surface area contributed by atoms with Crippen LogP contribution in [0.4, 0.5) is 0 Å². The largest absolute Gasteiger partial charge is 0.486 e. The smallest absolute Gasteiger partial charge is 0.251 e. The average Bonchev–Trinajstić information content (AvgIpc) is 2.38. The second-order valence-corrected chi connectivity index (χ2v) is 3.65. The van der Waals surface area contributed by atoms with Gasteiger partial charge in [-0.3, -0.25) is 4.79 Å². The van der Waals surface area contributed by atoms with Crippen LogP contribution in [0.15, 0.2) is 35.4 Å². The normalized spacial score (nSPS) is 13.4. The number of aromatic nitrogens is 2. The molecule has 1 aromatic heterocycles. The summed E-state index contributed by atoms with van der Waals surface area (Å²) >= 11 is 0. The predicted molar refractivity (Wildman–Crippen MR) is 61.3 cm³/mol. The highest BCUT2D eigenvalue weighted by Gasteiger charge is 2.12. The molecule has 5 heteroatoms. The van der Waals surface area contributed by atoms with Gasteiger partial charge < -0.3 is 14.5 Å². The fraction of sp³-hybridized carbons (Fsp3) is 0.167. The van der Waals surface area contributed by atoms with Gasteiger partial charge in [0.1, 0.15) is 13.2 Å². The first-order valence-electron chi connectivity index (χ1n) is 5.28. The standard InChI is InChI=1S/C12H10N2O3/c15-12-6-9(13-7-14-12)8-1-2-10-11(5-8)17-4-3-16-10/h1-2,5-7H,3-4H2,(H,13,14,15). The molecule has 0 saturated heterocycles. The maximum absolute atomic E-state index is 11.2. The topological polar surface area (TPSA) is 64.2 Å². The summed E-state index contributed by atoms with van der Waals surface area (Å²) in [6.07, 6.45) is 1.38. The molecule has 17 heavy (non-hydrogen) atoms. The highest BCUT2D eigenvalue weighted by molar-refractivity contribution is 5.63. The van der Waals surface area contributed by atoms with Crippen molar-refractivity contribution in [1.82, 2.24) is 9.97 Å². The summed E-state index contributed by atoms with van der Waals surface area (Å²) in [5.41, 5.74) is 1.27. The van der Waals surface area contributed by atoms with Gasteiger partial charge in [-0.1, -0.05) is 0 Å². The van der Waals surface area contributed by atoms with E-state index in [-0.39, 0.29) is 5.56 Å². The predicted octanol–water partition coefficient (Wildman–Crippen LogP) is 1.21. The lowest BCUT2D eigenvalue weighted by molar-refractivity contribution is 0.171. The maximum Gasteiger partial charge on any atom is 0.251 e. The number of ether oxygens (including phenoxy) is 2. The van der Waals surface area contributed by atoms with Gasteiger partial charge in [0.05, 0.1) is 12.0 Å². The number of hydrogen-bond donors (Lipinski definition) is 1. The van der Waals surface area contributed by atoms with Crippen LogP contribution in [0.25, 0.3) is 11.3 Å². The van der Waals surface area contributed by atoms with Crippen molar-refractivity contribution >= 4 is 0 Å². The summed E-state index contributed by atoms with van der Waals surface area (Å²) in [7, 11) is 0. The van der Waals surface area contributed by atoms with Gasteiger partial charge in [-0.2, -0.15) is 0 Å². The van der Waals surface area contributed by atoms with Gasteiger partial charge in [-0.15, -0.1) is 0 Å². The molecule has 0 fully saturated rings. The lowest BCUT2D eigenvalue weighted by atomic mass is 10.1. The molecule has 0 saturated carbocycles. The third kappa shape index (κ3) is 1.87. The van der Waals surface area contributed by atoms with E-state index in [4.69, 9.17) is 9.47 Å². The number of hydrogen-bond acceptors (Lipinski definition) is 4. The molecule has 0 amide bonds. The van der Waals surface area contributed by atoms with Gasteiger partial charge in [0.15, 0.2) is 11.5 Å². The Labute approximate surface area is 97.0 Å². The Bertz CT molecular complexity index is 607. The summed E-state index contributed by atoms with van der Waals surface area (Å²) < 4.78 is 10.9. The molecular formula is C12H10N2O3. The molecule has 0 radical (unpaired) electrons. The average molecular weight is 230 g/mol. The van der Waals surface area contributed by atoms with Crippen LogP contribution in [0.3, 0.4) is 0 Å². The van der Waals surface area contributed by atoms with E-state index in [2.05, 4.69) is 9.97 Å². The van der Waals surface area contributed by atoms with Crippen LogP contribution >= 0.6 is 0 Å². The Kier molecular flexibility index (Phi) is 2.29. The number of nitrogens with zero attached hydrogens (tertiary/aromatic N) is 1. The molecule has 1 aliphatic rings. The van der Waals surface area contributed by atoms with Crippen molar-refractivity contribution in [3.8, 4) is 22.8 Å². The highest BCUT2D eigenvalue weighted by atomic mass is 16.6. The molecule has 1 N–H and O–H groups in total. The van der Waals surface area contributed by atoms with Crippen molar-refractivity contribution in [1.29, 1.82) is 0 Å². The molecular weight excluding hydrogens is 220 g/mol. The quantitative estimate of drug-likeness (QED) is 0.799. The number of aromatic amines is 1. The van der Waals surface area contributed by atoms with E-state index in [1.807, 2.05) is 18.2 Å². The zero-order chi connectivity index (χ0) is 11.7. The van der Waals surface area contributed by atoms with Gasteiger partial charge >= 0.3 is 0 Å². The maximum atomic E-state index is 11.2. The van der Waals surface area contributed by atoms with Crippen molar-refractivity contribution in [3.05, 3.63) is 40.9 Å². The summed E-state index contributed by atoms with van der Waals surface area (Å²) in [4.78, 5) is 17.8. The molecule has 5 nitrogen and oxygen atoms in total. The van der Waals surface area contributed by atoms with E-state index >= 15 is 0 Å². The number of fused-ring (bicyclic) bond motifs is 1. The lowest BCUT2D eigenvalue weighted by Crippen LogP contribution is -2.15. The van der Waals surface area contributed by atoms with Crippen LogP contribution in [0.1, 0.15) is 0 Å². The van der Waals surface area contributed by atoms with Crippen LogP contribution in [-0.2, 0) is 0 Å². The van der Waals surface area contributed by atoms with E-state index in [0.29, 0.717) is 24.7 Å². The molecule has 2 aromatic rings. The van der Waals surface area contributed by atoms with E-state index in [1.165, 1.54) is 12.4 Å². The second-order valence-electron chi connectivity index (χ2n) is 3.65. The van der Waals surface area contributed by atoms with Crippen LogP contribution in [-0.4, -0.2) is 23.2 Å². The zero-order valence-electron chi connectivity index (χ0n) is 8.97. The Hall–Kier alpha value is -2.30. The second kappa shape index (κ2) is 3.93. The summed E-state index contributed by atoms with van der Waals surface area (Å²) in [5, 5.41) is 0. The molecule has 3 rings (SSSR count). The molecule has 0 aliphatic carbocycles. The third-order valence-corrected chi connectivity index (χ3v) is 2.52. The first-order valence-corrected chi connectivity index (χ1v) is 5.28. The fourth-order valence-corrected chi connectivity index (χ4v) is 1.73. The van der Waals surface area contributed by atoms with Gasteiger partial charge in [-0.25, -0.2) is 4.98 Å². The third-order valence-electron chi connectivity index (χ3n) is 2.52. The Morgan fingerprint density at radius 3 is 2.76 bits per heavy atom. The van der Waals surface area contributed by atoms with E-state index in [9.17, 15) is 4.79 Å². The van der Waals surface area contributed by atoms with Crippen LogP contribution in [0.2, 0.25) is 0 Å². The summed E-state index contributed by atoms with van der Waals surface area (Å²) in [6.45, 7) is 1.11. The SMILES string of the molecule is O=c1cc(-c2ccc3c(c2)OCCO3)nc[nH]1. The molecule has 0 unspecified atom stereocenters. The van der Waals surface area contributed by atoms with Crippen LogP contribution < -0.4 is 15.0 Å². The van der Waals surface area contributed by atoms with Crippen LogP contribution in [0, 0.1) is 0 Å². The molecule has 86 valence electrons. The van der Waals surface area contributed by atoms with Crippen molar-refractivity contribution in [2.45, 2.75) is 0 Å². The van der Waals surface area contributed by atoms with Gasteiger partial charge in [-0.05, 0) is 18.2 Å². The summed E-state index contributed by atoms with van der Waals surface area (Å²) in [6, 6.07) is 6.96. The van der Waals surface area contributed by atoms with Crippen molar-refractivity contribution in [2.24, 2.45) is 0 Å². The molecule has 0 bridgehead atoms. The number of rotatable bonds is 1. The minimum absolute atomic E-state index is 0.176. The van der Waals surface area contributed by atoms with E-state index in [1.54, 1.807) is 0 Å². The zero-order valence-corrected chi connectivity index (χ0v) is 8.97. The Morgan fingerprint density at radius 1 is 1.12 bits per heavy atom. The van der Waals surface area contributed by atoms with Crippen molar-refractivity contribution in [2.75, 3.05) is 13.2 Å². The Balaban J connectivity index is 2.07. The monoisotopic (exact) mass is 230 g/mol. The minimum atomic E-state index is -0.176. The molecule has 1 aliphatic heterocycles. The molecule has 0 spiro atoms. The summed E-state index contributed by atoms with van der Waals surface area (Å²) in [5.74, 6) is 1.42. The molecule has 0 atom stereocenters. The van der Waals surface area contributed by atoms with Crippen molar-refractivity contribution in [3.63, 3.8) is 0 Å². The van der Waals surface area contributed by atoms with E-state index < -0.39 is 0 Å². The highest BCUT2D eigenvalue weighted by Crippen LogP contribution is 2.33. The first kappa shape index (κ1) is 9.89. The van der Waals surface area contributed by atoms with E-state index in [0.717, 1.165) is 11.3 Å². The first-order chi connectivity index (χ1) is 8.33. The molecule has 2 heterocycles. The lowest BCUT2D eigenvalue weighted by Gasteiger charge is -2.18. The fourth-order valence-electron chi connectivity index (χ4n) is 1.73. The Morgan fingerprint density at radius 2 is 1.94 bits per heavy atom.